The molecule has 1 amide bonds. The molecule has 0 radical (unpaired) electrons. The summed E-state index contributed by atoms with van der Waals surface area (Å²) in [6.45, 7) is 0. The maximum Gasteiger partial charge on any atom is 0.255 e. The molecule has 1 heterocycles. The molecule has 5 nitrogen and oxygen atoms in total. The number of nitrogens with one attached hydrogen (secondary N) is 1. The van der Waals surface area contributed by atoms with E-state index in [0.29, 0.717) is 27.8 Å². The molecule has 116 valence electrons. The number of methoxy groups -OCH3 is 1. The van der Waals surface area contributed by atoms with Crippen molar-refractivity contribution in [1.82, 2.24) is 4.98 Å². The van der Waals surface area contributed by atoms with Gasteiger partial charge in [-0.1, -0.05) is 23.2 Å². The summed E-state index contributed by atoms with van der Waals surface area (Å²) in [6, 6.07) is 8.18. The van der Waals surface area contributed by atoms with Crippen LogP contribution in [0.1, 0.15) is 10.4 Å². The Kier molecular flexibility index (Phi) is 5.11. The number of hydrogen-bond acceptors (Lipinski definition) is 4. The van der Waals surface area contributed by atoms with Gasteiger partial charge in [0.25, 0.3) is 5.91 Å². The largest absolute Gasteiger partial charge is 0.495 e. The third-order valence-corrected chi connectivity index (χ3v) is 3.40. The molecule has 0 saturated carbocycles. The van der Waals surface area contributed by atoms with Crippen molar-refractivity contribution < 1.29 is 9.53 Å². The summed E-state index contributed by atoms with van der Waals surface area (Å²) < 4.78 is 5.07. The zero-order valence-corrected chi connectivity index (χ0v) is 13.9. The molecule has 0 fully saturated rings. The van der Waals surface area contributed by atoms with Crippen LogP contribution in [0.25, 0.3) is 0 Å². The molecule has 0 bridgehead atoms. The lowest BCUT2D eigenvalue weighted by atomic mass is 10.2. The van der Waals surface area contributed by atoms with Gasteiger partial charge >= 0.3 is 0 Å². The number of carbonyl (C=O) groups excluding carboxylic acids is 1. The van der Waals surface area contributed by atoms with E-state index in [9.17, 15) is 4.79 Å². The number of carbonyl (C=O) groups is 1. The van der Waals surface area contributed by atoms with Crippen LogP contribution in [0.2, 0.25) is 10.2 Å². The molecule has 2 aromatic rings. The summed E-state index contributed by atoms with van der Waals surface area (Å²) in [4.78, 5) is 18.2. The van der Waals surface area contributed by atoms with Crippen LogP contribution in [0.5, 0.6) is 5.75 Å². The molecule has 0 aliphatic heterocycles. The number of benzene rings is 1. The highest BCUT2D eigenvalue weighted by atomic mass is 35.5. The monoisotopic (exact) mass is 339 g/mol. The summed E-state index contributed by atoms with van der Waals surface area (Å²) in [7, 11) is 5.17. The van der Waals surface area contributed by atoms with Crippen LogP contribution < -0.4 is 15.0 Å². The standard InChI is InChI=1S/C15H15Cl2N3O2/c1-20(2)14-7-9(6-13(17)19-14)15(21)18-10-4-5-12(22-3)11(16)8-10/h4-8H,1-3H3,(H,18,21). The Bertz CT molecular complexity index is 705. The van der Waals surface area contributed by atoms with Crippen LogP contribution in [0.4, 0.5) is 11.5 Å². The number of nitrogens with zero attached hydrogens (tertiary/aromatic N) is 2. The minimum atomic E-state index is -0.298. The highest BCUT2D eigenvalue weighted by molar-refractivity contribution is 6.32. The average Bonchev–Trinajstić information content (AvgIpc) is 2.46. The van der Waals surface area contributed by atoms with Crippen LogP contribution in [-0.4, -0.2) is 32.1 Å². The van der Waals surface area contributed by atoms with Gasteiger partial charge in [-0.3, -0.25) is 4.79 Å². The molecule has 7 heteroatoms. The third kappa shape index (κ3) is 3.81. The smallest absolute Gasteiger partial charge is 0.255 e. The van der Waals surface area contributed by atoms with Crippen molar-refractivity contribution >= 4 is 40.6 Å². The summed E-state index contributed by atoms with van der Waals surface area (Å²) >= 11 is 12.0. The van der Waals surface area contributed by atoms with E-state index < -0.39 is 0 Å². The van der Waals surface area contributed by atoms with Crippen LogP contribution >= 0.6 is 23.2 Å². The van der Waals surface area contributed by atoms with Crippen molar-refractivity contribution in [3.05, 3.63) is 46.1 Å². The fourth-order valence-corrected chi connectivity index (χ4v) is 2.25. The van der Waals surface area contributed by atoms with Gasteiger partial charge in [0.2, 0.25) is 0 Å². The number of halogens is 2. The fraction of sp³-hybridized carbons (Fsp3) is 0.200. The zero-order chi connectivity index (χ0) is 16.3. The molecular formula is C15H15Cl2N3O2. The number of pyridine rings is 1. The van der Waals surface area contributed by atoms with E-state index in [1.807, 2.05) is 14.1 Å². The first-order valence-electron chi connectivity index (χ1n) is 6.40. The lowest BCUT2D eigenvalue weighted by molar-refractivity contribution is 0.102. The number of hydrogen-bond donors (Lipinski definition) is 1. The lowest BCUT2D eigenvalue weighted by Crippen LogP contribution is -2.15. The first kappa shape index (κ1) is 16.4. The Morgan fingerprint density at radius 1 is 1.23 bits per heavy atom. The normalized spacial score (nSPS) is 10.2. The van der Waals surface area contributed by atoms with Crippen molar-refractivity contribution in [1.29, 1.82) is 0 Å². The van der Waals surface area contributed by atoms with Crippen molar-refractivity contribution in [3.8, 4) is 5.75 Å². The number of ether oxygens (including phenoxy) is 1. The topological polar surface area (TPSA) is 54.5 Å². The molecule has 2 rings (SSSR count). The number of aromatic nitrogens is 1. The molecule has 1 aromatic heterocycles. The third-order valence-electron chi connectivity index (χ3n) is 2.91. The number of anilines is 2. The van der Waals surface area contributed by atoms with Crippen molar-refractivity contribution in [3.63, 3.8) is 0 Å². The van der Waals surface area contributed by atoms with Gasteiger partial charge in [-0.15, -0.1) is 0 Å². The van der Waals surface area contributed by atoms with E-state index in [1.54, 1.807) is 29.2 Å². The Morgan fingerprint density at radius 3 is 2.55 bits per heavy atom. The van der Waals surface area contributed by atoms with Gasteiger partial charge in [0.1, 0.15) is 16.7 Å². The molecule has 1 aromatic carbocycles. The predicted molar refractivity (Wildman–Crippen MR) is 89.5 cm³/mol. The molecule has 22 heavy (non-hydrogen) atoms. The van der Waals surface area contributed by atoms with E-state index in [0.717, 1.165) is 0 Å². The highest BCUT2D eigenvalue weighted by Crippen LogP contribution is 2.27. The van der Waals surface area contributed by atoms with E-state index >= 15 is 0 Å². The van der Waals surface area contributed by atoms with Gasteiger partial charge in [0.15, 0.2) is 0 Å². The van der Waals surface area contributed by atoms with Crippen LogP contribution in [0.3, 0.4) is 0 Å². The van der Waals surface area contributed by atoms with Crippen molar-refractivity contribution in [2.45, 2.75) is 0 Å². The van der Waals surface area contributed by atoms with Gasteiger partial charge in [-0.2, -0.15) is 0 Å². The van der Waals surface area contributed by atoms with Crippen LogP contribution in [-0.2, 0) is 0 Å². The Labute approximate surface area is 138 Å². The quantitative estimate of drug-likeness (QED) is 0.862. The van der Waals surface area contributed by atoms with Gasteiger partial charge in [-0.25, -0.2) is 4.98 Å². The predicted octanol–water partition coefficient (Wildman–Crippen LogP) is 3.72. The minimum absolute atomic E-state index is 0.254. The van der Waals surface area contributed by atoms with Crippen LogP contribution in [0, 0.1) is 0 Å². The second-order valence-corrected chi connectivity index (χ2v) is 5.53. The maximum atomic E-state index is 12.3. The maximum absolute atomic E-state index is 12.3. The first-order valence-corrected chi connectivity index (χ1v) is 7.16. The summed E-state index contributed by atoms with van der Waals surface area (Å²) in [5.41, 5.74) is 0.978. The fourth-order valence-electron chi connectivity index (χ4n) is 1.79. The molecule has 0 aliphatic rings. The average molecular weight is 340 g/mol. The van der Waals surface area contributed by atoms with E-state index in [4.69, 9.17) is 27.9 Å². The van der Waals surface area contributed by atoms with E-state index in [1.165, 1.54) is 13.2 Å². The van der Waals surface area contributed by atoms with Gasteiger partial charge < -0.3 is 15.0 Å². The van der Waals surface area contributed by atoms with E-state index in [-0.39, 0.29) is 11.1 Å². The second-order valence-electron chi connectivity index (χ2n) is 4.73. The van der Waals surface area contributed by atoms with Gasteiger partial charge in [-0.05, 0) is 30.3 Å². The summed E-state index contributed by atoms with van der Waals surface area (Å²) in [5, 5.41) is 3.43. The van der Waals surface area contributed by atoms with Crippen LogP contribution in [0.15, 0.2) is 30.3 Å². The summed E-state index contributed by atoms with van der Waals surface area (Å²) in [6.07, 6.45) is 0. The zero-order valence-electron chi connectivity index (χ0n) is 12.4. The molecule has 0 unspecified atom stereocenters. The minimum Gasteiger partial charge on any atom is -0.495 e. The number of amides is 1. The molecule has 0 spiro atoms. The molecule has 0 saturated heterocycles. The molecule has 1 N–H and O–H groups in total. The van der Waals surface area contributed by atoms with Crippen molar-refractivity contribution in [2.24, 2.45) is 0 Å². The molecule has 0 aliphatic carbocycles. The van der Waals surface area contributed by atoms with Crippen molar-refractivity contribution in [2.75, 3.05) is 31.4 Å². The van der Waals surface area contributed by atoms with Gasteiger partial charge in [0, 0.05) is 25.3 Å². The number of rotatable bonds is 4. The Hall–Kier alpha value is -1.98. The molecular weight excluding hydrogens is 325 g/mol. The summed E-state index contributed by atoms with van der Waals surface area (Å²) in [5.74, 6) is 0.848. The molecule has 0 atom stereocenters. The highest BCUT2D eigenvalue weighted by Gasteiger charge is 2.12. The lowest BCUT2D eigenvalue weighted by Gasteiger charge is -2.13. The first-order chi connectivity index (χ1) is 10.4. The van der Waals surface area contributed by atoms with Gasteiger partial charge in [0.05, 0.1) is 12.1 Å². The van der Waals surface area contributed by atoms with E-state index in [2.05, 4.69) is 10.3 Å². The Balaban J connectivity index is 2.24. The SMILES string of the molecule is COc1ccc(NC(=O)c2cc(Cl)nc(N(C)C)c2)cc1Cl. The second kappa shape index (κ2) is 6.85. The Morgan fingerprint density at radius 2 is 1.95 bits per heavy atom.